The van der Waals surface area contributed by atoms with Crippen molar-refractivity contribution in [1.82, 2.24) is 10.2 Å². The summed E-state index contributed by atoms with van der Waals surface area (Å²) in [4.78, 5) is 40.0. The lowest BCUT2D eigenvalue weighted by molar-refractivity contribution is -0.140. The highest BCUT2D eigenvalue weighted by Gasteiger charge is 2.33. The van der Waals surface area contributed by atoms with Gasteiger partial charge in [-0.25, -0.2) is 4.79 Å². The summed E-state index contributed by atoms with van der Waals surface area (Å²) in [6.07, 6.45) is 0.766. The zero-order valence-electron chi connectivity index (χ0n) is 22.1. The minimum atomic E-state index is -1.000. The minimum Gasteiger partial charge on any atom is -0.508 e. The van der Waals surface area contributed by atoms with Gasteiger partial charge in [0.1, 0.15) is 23.4 Å². The molecule has 8 heteroatoms. The van der Waals surface area contributed by atoms with Crippen molar-refractivity contribution in [2.24, 2.45) is 5.73 Å². The van der Waals surface area contributed by atoms with Gasteiger partial charge in [0.05, 0.1) is 0 Å². The number of hydrogen-bond acceptors (Lipinski definition) is 5. The van der Waals surface area contributed by atoms with Crippen molar-refractivity contribution < 1.29 is 24.2 Å². The van der Waals surface area contributed by atoms with Gasteiger partial charge >= 0.3 is 6.09 Å². The SMILES string of the molecule is Cc1cc(O)cc(C)c1CC(NC(=O)OC(C)(C)C)C(=O)N(CCCc1ccccc1)[C@H](C)C(N)=O. The number of nitrogens with two attached hydrogens (primary N) is 1. The molecule has 0 aliphatic rings. The van der Waals surface area contributed by atoms with E-state index in [2.05, 4.69) is 5.32 Å². The summed E-state index contributed by atoms with van der Waals surface area (Å²) in [6, 6.07) is 11.2. The first-order chi connectivity index (χ1) is 16.8. The van der Waals surface area contributed by atoms with E-state index >= 15 is 0 Å². The summed E-state index contributed by atoms with van der Waals surface area (Å²) in [7, 11) is 0. The molecule has 8 nitrogen and oxygen atoms in total. The van der Waals surface area contributed by atoms with Crippen LogP contribution >= 0.6 is 0 Å². The summed E-state index contributed by atoms with van der Waals surface area (Å²) in [5.74, 6) is -0.926. The van der Waals surface area contributed by atoms with Crippen molar-refractivity contribution in [3.63, 3.8) is 0 Å². The van der Waals surface area contributed by atoms with Crippen LogP contribution in [-0.2, 0) is 27.2 Å². The van der Waals surface area contributed by atoms with Crippen LogP contribution in [0.15, 0.2) is 42.5 Å². The molecule has 4 N–H and O–H groups in total. The van der Waals surface area contributed by atoms with Gasteiger partial charge in [0.25, 0.3) is 0 Å². The Morgan fingerprint density at radius 2 is 1.67 bits per heavy atom. The molecule has 2 rings (SSSR count). The molecular formula is C28H39N3O5. The molecule has 0 heterocycles. The van der Waals surface area contributed by atoms with Gasteiger partial charge in [-0.05, 0) is 88.8 Å². The van der Waals surface area contributed by atoms with Crippen LogP contribution in [0.3, 0.4) is 0 Å². The molecule has 1 unspecified atom stereocenters. The molecule has 36 heavy (non-hydrogen) atoms. The Labute approximate surface area is 213 Å². The first kappa shape index (κ1) is 28.7. The van der Waals surface area contributed by atoms with Gasteiger partial charge in [-0.2, -0.15) is 0 Å². The number of aryl methyl sites for hydroxylation is 3. The fourth-order valence-corrected chi connectivity index (χ4v) is 4.09. The first-order valence-corrected chi connectivity index (χ1v) is 12.2. The maximum absolute atomic E-state index is 13.8. The maximum Gasteiger partial charge on any atom is 0.408 e. The van der Waals surface area contributed by atoms with Crippen molar-refractivity contribution in [2.75, 3.05) is 6.54 Å². The second-order valence-electron chi connectivity index (χ2n) is 10.2. The number of ether oxygens (including phenoxy) is 1. The molecule has 2 aromatic carbocycles. The molecule has 196 valence electrons. The molecule has 2 aromatic rings. The second kappa shape index (κ2) is 12.4. The standard InChI is InChI=1S/C28H39N3O5/c1-18-15-22(32)16-19(2)23(18)17-24(30-27(35)36-28(4,5)6)26(34)31(20(3)25(29)33)14-10-13-21-11-8-7-9-12-21/h7-9,11-12,15-16,20,24,32H,10,13-14,17H2,1-6H3,(H2,29,33)(H,30,35)/t20-,24?/m1/s1. The Hall–Kier alpha value is -3.55. The van der Waals surface area contributed by atoms with E-state index in [1.165, 1.54) is 4.90 Å². The fraction of sp³-hybridized carbons (Fsp3) is 0.464. The minimum absolute atomic E-state index is 0.126. The lowest BCUT2D eigenvalue weighted by atomic mass is 9.95. The van der Waals surface area contributed by atoms with Crippen LogP contribution in [-0.4, -0.2) is 52.1 Å². The number of nitrogens with zero attached hydrogens (tertiary/aromatic N) is 1. The van der Waals surface area contributed by atoms with Crippen molar-refractivity contribution in [3.05, 3.63) is 64.7 Å². The molecule has 0 saturated carbocycles. The lowest BCUT2D eigenvalue weighted by Gasteiger charge is -2.32. The van der Waals surface area contributed by atoms with E-state index < -0.39 is 35.6 Å². The number of carbonyl (C=O) groups is 3. The van der Waals surface area contributed by atoms with E-state index in [4.69, 9.17) is 10.5 Å². The highest BCUT2D eigenvalue weighted by Crippen LogP contribution is 2.23. The van der Waals surface area contributed by atoms with E-state index in [0.29, 0.717) is 6.42 Å². The van der Waals surface area contributed by atoms with E-state index in [1.54, 1.807) is 39.8 Å². The molecule has 0 bridgehead atoms. The summed E-state index contributed by atoms with van der Waals surface area (Å²) in [6.45, 7) is 10.8. The Kier molecular flexibility index (Phi) is 9.90. The van der Waals surface area contributed by atoms with Gasteiger partial charge in [0, 0.05) is 13.0 Å². The number of rotatable bonds is 10. The van der Waals surface area contributed by atoms with E-state index in [-0.39, 0.29) is 18.7 Å². The molecule has 0 radical (unpaired) electrons. The van der Waals surface area contributed by atoms with Crippen LogP contribution < -0.4 is 11.1 Å². The summed E-state index contributed by atoms with van der Waals surface area (Å²) < 4.78 is 5.41. The predicted molar refractivity (Wildman–Crippen MR) is 140 cm³/mol. The summed E-state index contributed by atoms with van der Waals surface area (Å²) in [5, 5.41) is 12.6. The number of nitrogens with one attached hydrogen (secondary N) is 1. The molecule has 0 aliphatic carbocycles. The number of hydrogen-bond donors (Lipinski definition) is 3. The average molecular weight is 498 g/mol. The van der Waals surface area contributed by atoms with Crippen LogP contribution in [0.25, 0.3) is 0 Å². The van der Waals surface area contributed by atoms with Gasteiger partial charge < -0.3 is 25.8 Å². The fourth-order valence-electron chi connectivity index (χ4n) is 4.09. The number of primary amides is 1. The quantitative estimate of drug-likeness (QED) is 0.461. The maximum atomic E-state index is 13.8. The van der Waals surface area contributed by atoms with Gasteiger partial charge in [0.15, 0.2) is 0 Å². The molecule has 2 atom stereocenters. The highest BCUT2D eigenvalue weighted by atomic mass is 16.6. The third-order valence-electron chi connectivity index (χ3n) is 5.95. The van der Waals surface area contributed by atoms with E-state index in [1.807, 2.05) is 44.2 Å². The number of alkyl carbamates (subject to hydrolysis) is 1. The Balaban J connectivity index is 2.34. The van der Waals surface area contributed by atoms with Crippen molar-refractivity contribution in [1.29, 1.82) is 0 Å². The Morgan fingerprint density at radius 3 is 2.19 bits per heavy atom. The molecule has 0 fully saturated rings. The molecule has 0 spiro atoms. The Bertz CT molecular complexity index is 1040. The van der Waals surface area contributed by atoms with Gasteiger partial charge in [0.2, 0.25) is 11.8 Å². The number of amides is 3. The number of benzene rings is 2. The Morgan fingerprint density at radius 1 is 1.08 bits per heavy atom. The van der Waals surface area contributed by atoms with Crippen LogP contribution in [0.5, 0.6) is 5.75 Å². The molecule has 3 amide bonds. The van der Waals surface area contributed by atoms with Gasteiger partial charge in [-0.3, -0.25) is 9.59 Å². The smallest absolute Gasteiger partial charge is 0.408 e. The van der Waals surface area contributed by atoms with Gasteiger partial charge in [-0.1, -0.05) is 30.3 Å². The molecule has 0 aliphatic heterocycles. The largest absolute Gasteiger partial charge is 0.508 e. The zero-order chi connectivity index (χ0) is 27.0. The number of aromatic hydroxyl groups is 1. The van der Waals surface area contributed by atoms with Crippen LogP contribution in [0.2, 0.25) is 0 Å². The van der Waals surface area contributed by atoms with E-state index in [9.17, 15) is 19.5 Å². The molecule has 0 aromatic heterocycles. The number of phenols is 1. The summed E-state index contributed by atoms with van der Waals surface area (Å²) in [5.41, 5.74) is 8.35. The van der Waals surface area contributed by atoms with Crippen molar-refractivity contribution >= 4 is 17.9 Å². The van der Waals surface area contributed by atoms with Crippen LogP contribution in [0, 0.1) is 13.8 Å². The number of phenolic OH excluding ortho intramolecular Hbond substituents is 1. The van der Waals surface area contributed by atoms with Crippen molar-refractivity contribution in [3.8, 4) is 5.75 Å². The van der Waals surface area contributed by atoms with E-state index in [0.717, 1.165) is 28.7 Å². The third kappa shape index (κ3) is 8.59. The highest BCUT2D eigenvalue weighted by molar-refractivity contribution is 5.91. The third-order valence-corrected chi connectivity index (χ3v) is 5.95. The van der Waals surface area contributed by atoms with Crippen LogP contribution in [0.1, 0.15) is 56.4 Å². The second-order valence-corrected chi connectivity index (χ2v) is 10.2. The topological polar surface area (TPSA) is 122 Å². The summed E-state index contributed by atoms with van der Waals surface area (Å²) >= 11 is 0. The number of carbonyl (C=O) groups excluding carboxylic acids is 3. The van der Waals surface area contributed by atoms with Gasteiger partial charge in [-0.15, -0.1) is 0 Å². The molecular weight excluding hydrogens is 458 g/mol. The van der Waals surface area contributed by atoms with Crippen LogP contribution in [0.4, 0.5) is 4.79 Å². The first-order valence-electron chi connectivity index (χ1n) is 12.2. The zero-order valence-corrected chi connectivity index (χ0v) is 22.1. The predicted octanol–water partition coefficient (Wildman–Crippen LogP) is 3.78. The normalized spacial score (nSPS) is 12.9. The lowest BCUT2D eigenvalue weighted by Crippen LogP contribution is -2.55. The monoisotopic (exact) mass is 497 g/mol. The average Bonchev–Trinajstić information content (AvgIpc) is 2.76. The molecule has 0 saturated heterocycles. The van der Waals surface area contributed by atoms with Crippen molar-refractivity contribution in [2.45, 2.75) is 78.5 Å².